The number of rotatable bonds is 9. The summed E-state index contributed by atoms with van der Waals surface area (Å²) in [6.07, 6.45) is 0.0604. The number of hydrogen-bond donors (Lipinski definition) is 1. The van der Waals surface area contributed by atoms with E-state index in [0.29, 0.717) is 18.0 Å². The fourth-order valence-electron chi connectivity index (χ4n) is 2.17. The third-order valence-electron chi connectivity index (χ3n) is 3.49. The van der Waals surface area contributed by atoms with E-state index in [4.69, 9.17) is 14.2 Å². The Balaban J connectivity index is 1.65. The van der Waals surface area contributed by atoms with Gasteiger partial charge in [-0.05, 0) is 49.7 Å². The third-order valence-corrected chi connectivity index (χ3v) is 3.49. The van der Waals surface area contributed by atoms with Crippen molar-refractivity contribution in [3.05, 3.63) is 54.1 Å². The normalized spacial score (nSPS) is 10.1. The zero-order valence-corrected chi connectivity index (χ0v) is 15.0. The molecule has 0 saturated heterocycles. The fraction of sp³-hybridized carbons (Fsp3) is 0.300. The molecule has 0 unspecified atom stereocenters. The molecule has 0 saturated carbocycles. The Labute approximate surface area is 153 Å². The lowest BCUT2D eigenvalue weighted by atomic mass is 10.2. The molecule has 0 spiro atoms. The first-order valence-corrected chi connectivity index (χ1v) is 8.45. The Bertz CT molecular complexity index is 727. The number of benzene rings is 2. The van der Waals surface area contributed by atoms with Gasteiger partial charge in [0.25, 0.3) is 5.91 Å². The highest BCUT2D eigenvalue weighted by molar-refractivity contribution is 5.93. The quantitative estimate of drug-likeness (QED) is 0.697. The lowest BCUT2D eigenvalue weighted by Crippen LogP contribution is -2.22. The minimum atomic E-state index is -0.490. The van der Waals surface area contributed by atoms with E-state index in [9.17, 15) is 9.59 Å². The van der Waals surface area contributed by atoms with Crippen LogP contribution in [0.5, 0.6) is 11.5 Å². The van der Waals surface area contributed by atoms with Gasteiger partial charge in [0.2, 0.25) is 0 Å². The van der Waals surface area contributed by atoms with Crippen molar-refractivity contribution in [1.29, 1.82) is 0 Å². The number of nitrogens with one attached hydrogen (secondary N) is 1. The predicted molar refractivity (Wildman–Crippen MR) is 98.5 cm³/mol. The molecule has 1 N–H and O–H groups in total. The number of ether oxygens (including phenoxy) is 3. The standard InChI is InChI=1S/C20H23NO5/c1-3-24-16-8-10-17(11-9-16)25-13-12-20(23)26-14-19(22)21-18-7-5-4-6-15(18)2/h4-11H,3,12-14H2,1-2H3,(H,21,22). The smallest absolute Gasteiger partial charge is 0.309 e. The first-order chi connectivity index (χ1) is 12.6. The van der Waals surface area contributed by atoms with E-state index in [1.165, 1.54) is 0 Å². The van der Waals surface area contributed by atoms with Crippen LogP contribution in [0.3, 0.4) is 0 Å². The zero-order chi connectivity index (χ0) is 18.8. The van der Waals surface area contributed by atoms with Crippen molar-refractivity contribution >= 4 is 17.6 Å². The molecule has 0 heterocycles. The molecule has 1 amide bonds. The van der Waals surface area contributed by atoms with Crippen LogP contribution in [0.2, 0.25) is 0 Å². The SMILES string of the molecule is CCOc1ccc(OCCC(=O)OCC(=O)Nc2ccccc2C)cc1. The van der Waals surface area contributed by atoms with E-state index in [0.717, 1.165) is 11.3 Å². The summed E-state index contributed by atoms with van der Waals surface area (Å²) in [5.74, 6) is 0.536. The van der Waals surface area contributed by atoms with E-state index in [1.807, 2.05) is 32.0 Å². The summed E-state index contributed by atoms with van der Waals surface area (Å²) < 4.78 is 15.8. The molecule has 0 atom stereocenters. The molecule has 26 heavy (non-hydrogen) atoms. The zero-order valence-electron chi connectivity index (χ0n) is 15.0. The minimum Gasteiger partial charge on any atom is -0.494 e. The summed E-state index contributed by atoms with van der Waals surface area (Å²) in [6, 6.07) is 14.5. The molecule has 0 aromatic heterocycles. The van der Waals surface area contributed by atoms with Crippen LogP contribution < -0.4 is 14.8 Å². The molecular weight excluding hydrogens is 334 g/mol. The van der Waals surface area contributed by atoms with Crippen LogP contribution in [0.1, 0.15) is 18.9 Å². The third kappa shape index (κ3) is 6.47. The Kier molecular flexibility index (Phi) is 7.49. The van der Waals surface area contributed by atoms with Crippen LogP contribution in [0.25, 0.3) is 0 Å². The maximum atomic E-state index is 11.8. The summed E-state index contributed by atoms with van der Waals surface area (Å²) in [4.78, 5) is 23.5. The number of carbonyl (C=O) groups excluding carboxylic acids is 2. The van der Waals surface area contributed by atoms with Crippen molar-refractivity contribution < 1.29 is 23.8 Å². The fourth-order valence-corrected chi connectivity index (χ4v) is 2.17. The van der Waals surface area contributed by atoms with Crippen LogP contribution in [0.15, 0.2) is 48.5 Å². The molecule has 0 bridgehead atoms. The summed E-state index contributed by atoms with van der Waals surface area (Å²) >= 11 is 0. The van der Waals surface area contributed by atoms with Gasteiger partial charge in [-0.1, -0.05) is 18.2 Å². The number of carbonyl (C=O) groups is 2. The van der Waals surface area contributed by atoms with Crippen molar-refractivity contribution in [2.75, 3.05) is 25.1 Å². The first-order valence-electron chi connectivity index (χ1n) is 8.45. The van der Waals surface area contributed by atoms with Crippen LogP contribution in [0.4, 0.5) is 5.69 Å². The number of amides is 1. The highest BCUT2D eigenvalue weighted by Crippen LogP contribution is 2.17. The molecule has 138 valence electrons. The molecule has 0 radical (unpaired) electrons. The van der Waals surface area contributed by atoms with E-state index < -0.39 is 5.97 Å². The molecule has 0 aliphatic heterocycles. The highest BCUT2D eigenvalue weighted by atomic mass is 16.5. The van der Waals surface area contributed by atoms with Gasteiger partial charge in [-0.25, -0.2) is 0 Å². The molecule has 2 rings (SSSR count). The lowest BCUT2D eigenvalue weighted by Gasteiger charge is -2.09. The maximum absolute atomic E-state index is 11.8. The maximum Gasteiger partial charge on any atom is 0.309 e. The number of hydrogen-bond acceptors (Lipinski definition) is 5. The van der Waals surface area contributed by atoms with Gasteiger partial charge in [-0.2, -0.15) is 0 Å². The van der Waals surface area contributed by atoms with Crippen molar-refractivity contribution in [1.82, 2.24) is 0 Å². The van der Waals surface area contributed by atoms with E-state index in [-0.39, 0.29) is 25.5 Å². The molecule has 0 fully saturated rings. The van der Waals surface area contributed by atoms with E-state index in [2.05, 4.69) is 5.32 Å². The van der Waals surface area contributed by atoms with Gasteiger partial charge in [0.1, 0.15) is 11.5 Å². The molecule has 6 heteroatoms. The van der Waals surface area contributed by atoms with E-state index >= 15 is 0 Å². The van der Waals surface area contributed by atoms with Crippen molar-refractivity contribution in [3.63, 3.8) is 0 Å². The van der Waals surface area contributed by atoms with Gasteiger partial charge in [-0.15, -0.1) is 0 Å². The molecular formula is C20H23NO5. The number of para-hydroxylation sites is 1. The first kappa shape index (κ1) is 19.3. The largest absolute Gasteiger partial charge is 0.494 e. The molecule has 2 aromatic carbocycles. The van der Waals surface area contributed by atoms with Gasteiger partial charge >= 0.3 is 5.97 Å². The molecule has 0 aliphatic carbocycles. The van der Waals surface area contributed by atoms with Crippen LogP contribution >= 0.6 is 0 Å². The Morgan fingerprint density at radius 2 is 1.62 bits per heavy atom. The molecule has 0 aliphatic rings. The van der Waals surface area contributed by atoms with Crippen molar-refractivity contribution in [3.8, 4) is 11.5 Å². The summed E-state index contributed by atoms with van der Waals surface area (Å²) in [5, 5.41) is 2.70. The van der Waals surface area contributed by atoms with Gasteiger partial charge in [0.05, 0.1) is 19.6 Å². The van der Waals surface area contributed by atoms with Crippen molar-refractivity contribution in [2.45, 2.75) is 20.3 Å². The Morgan fingerprint density at radius 3 is 2.27 bits per heavy atom. The van der Waals surface area contributed by atoms with Gasteiger partial charge in [-0.3, -0.25) is 9.59 Å². The predicted octanol–water partition coefficient (Wildman–Crippen LogP) is 3.34. The summed E-state index contributed by atoms with van der Waals surface area (Å²) in [7, 11) is 0. The topological polar surface area (TPSA) is 73.9 Å². The van der Waals surface area contributed by atoms with Gasteiger partial charge < -0.3 is 19.5 Å². The van der Waals surface area contributed by atoms with E-state index in [1.54, 1.807) is 30.3 Å². The van der Waals surface area contributed by atoms with Crippen LogP contribution in [-0.2, 0) is 14.3 Å². The van der Waals surface area contributed by atoms with Gasteiger partial charge in [0, 0.05) is 5.69 Å². The molecule has 2 aromatic rings. The Morgan fingerprint density at radius 1 is 0.962 bits per heavy atom. The van der Waals surface area contributed by atoms with Crippen molar-refractivity contribution in [2.24, 2.45) is 0 Å². The second-order valence-electron chi connectivity index (χ2n) is 5.53. The minimum absolute atomic E-state index is 0.0604. The second kappa shape index (κ2) is 10.1. The van der Waals surface area contributed by atoms with Crippen LogP contribution in [-0.4, -0.2) is 31.7 Å². The Hall–Kier alpha value is -3.02. The number of aryl methyl sites for hydroxylation is 1. The molecule has 6 nitrogen and oxygen atoms in total. The summed E-state index contributed by atoms with van der Waals surface area (Å²) in [5.41, 5.74) is 1.64. The average Bonchev–Trinajstić information content (AvgIpc) is 2.64. The summed E-state index contributed by atoms with van der Waals surface area (Å²) in [6.45, 7) is 4.25. The van der Waals surface area contributed by atoms with Crippen LogP contribution in [0, 0.1) is 6.92 Å². The monoisotopic (exact) mass is 357 g/mol. The van der Waals surface area contributed by atoms with Gasteiger partial charge in [0.15, 0.2) is 6.61 Å². The highest BCUT2D eigenvalue weighted by Gasteiger charge is 2.09. The second-order valence-corrected chi connectivity index (χ2v) is 5.53. The lowest BCUT2D eigenvalue weighted by molar-refractivity contribution is -0.147. The number of anilines is 1. The number of esters is 1. The average molecular weight is 357 g/mol.